The molecule has 24 heavy (non-hydrogen) atoms. The van der Waals surface area contributed by atoms with Crippen molar-refractivity contribution in [2.24, 2.45) is 0 Å². The van der Waals surface area contributed by atoms with Crippen molar-refractivity contribution in [1.29, 1.82) is 0 Å². The first-order chi connectivity index (χ1) is 11.7. The normalized spacial score (nSPS) is 12.6. The minimum Gasteiger partial charge on any atom is -0.256 e. The summed E-state index contributed by atoms with van der Waals surface area (Å²) in [5.74, 6) is 0. The Bertz CT molecular complexity index is 777. The summed E-state index contributed by atoms with van der Waals surface area (Å²) in [7, 11) is 0. The first-order valence-electron chi connectivity index (χ1n) is 8.35. The number of hydrogen-bond acceptors (Lipinski definition) is 1. The maximum atomic E-state index is 4.51. The SMILES string of the molecule is C=C/C=C\C=C(/C)c1cc(/C(C)=C/CC)cc(-c2ccccn2)c1. The Hall–Kier alpha value is -2.67. The zero-order valence-corrected chi connectivity index (χ0v) is 14.8. The van der Waals surface area contributed by atoms with Gasteiger partial charge in [0.25, 0.3) is 0 Å². The van der Waals surface area contributed by atoms with Crippen LogP contribution in [0, 0.1) is 0 Å². The Morgan fingerprint density at radius 3 is 2.42 bits per heavy atom. The molecule has 0 radical (unpaired) electrons. The van der Waals surface area contributed by atoms with Gasteiger partial charge >= 0.3 is 0 Å². The van der Waals surface area contributed by atoms with E-state index in [4.69, 9.17) is 0 Å². The topological polar surface area (TPSA) is 12.9 Å². The summed E-state index contributed by atoms with van der Waals surface area (Å²) in [5.41, 5.74) is 7.12. The minimum absolute atomic E-state index is 0.999. The van der Waals surface area contributed by atoms with E-state index in [0.29, 0.717) is 0 Å². The second kappa shape index (κ2) is 8.83. The summed E-state index contributed by atoms with van der Waals surface area (Å²) in [6, 6.07) is 12.7. The maximum Gasteiger partial charge on any atom is 0.0702 e. The third-order valence-electron chi connectivity index (χ3n) is 3.91. The van der Waals surface area contributed by atoms with E-state index in [2.05, 4.69) is 68.8 Å². The van der Waals surface area contributed by atoms with E-state index in [0.717, 1.165) is 17.7 Å². The lowest BCUT2D eigenvalue weighted by Crippen LogP contribution is -1.90. The molecule has 0 atom stereocenters. The maximum absolute atomic E-state index is 4.51. The number of nitrogens with zero attached hydrogens (tertiary/aromatic N) is 1. The molecule has 1 heteroatoms. The standard InChI is InChI=1S/C23H25N/c1-5-7-8-12-19(4)21-15-20(18(3)11-6-2)16-22(17-21)23-13-9-10-14-24-23/h5,7-17H,1,6H2,2-4H3/b8-7-,18-11+,19-12+. The number of aromatic nitrogens is 1. The van der Waals surface area contributed by atoms with Crippen molar-refractivity contribution in [3.8, 4) is 11.3 Å². The summed E-state index contributed by atoms with van der Waals surface area (Å²) >= 11 is 0. The van der Waals surface area contributed by atoms with Crippen LogP contribution in [-0.4, -0.2) is 4.98 Å². The van der Waals surface area contributed by atoms with E-state index in [1.54, 1.807) is 6.08 Å². The van der Waals surface area contributed by atoms with Crippen molar-refractivity contribution < 1.29 is 0 Å². The van der Waals surface area contributed by atoms with Crippen LogP contribution >= 0.6 is 0 Å². The molecule has 1 aromatic heterocycles. The van der Waals surface area contributed by atoms with Crippen LogP contribution in [0.2, 0.25) is 0 Å². The van der Waals surface area contributed by atoms with Crippen molar-refractivity contribution in [3.63, 3.8) is 0 Å². The number of hydrogen-bond donors (Lipinski definition) is 0. The van der Waals surface area contributed by atoms with E-state index >= 15 is 0 Å². The molecule has 0 N–H and O–H groups in total. The highest BCUT2D eigenvalue weighted by molar-refractivity contribution is 5.77. The van der Waals surface area contributed by atoms with Crippen molar-refractivity contribution in [2.75, 3.05) is 0 Å². The Labute approximate surface area is 145 Å². The lowest BCUT2D eigenvalue weighted by atomic mass is 9.95. The lowest BCUT2D eigenvalue weighted by Gasteiger charge is -2.11. The third-order valence-corrected chi connectivity index (χ3v) is 3.91. The Morgan fingerprint density at radius 2 is 1.79 bits per heavy atom. The van der Waals surface area contributed by atoms with E-state index in [-0.39, 0.29) is 0 Å². The van der Waals surface area contributed by atoms with Gasteiger partial charge in [0.2, 0.25) is 0 Å². The second-order valence-electron chi connectivity index (χ2n) is 5.78. The van der Waals surface area contributed by atoms with Gasteiger partial charge in [-0.2, -0.15) is 0 Å². The van der Waals surface area contributed by atoms with Crippen LogP contribution in [0.4, 0.5) is 0 Å². The Kier molecular flexibility index (Phi) is 6.51. The van der Waals surface area contributed by atoms with Crippen molar-refractivity contribution >= 4 is 11.1 Å². The highest BCUT2D eigenvalue weighted by Gasteiger charge is 2.06. The molecule has 2 rings (SSSR count). The second-order valence-corrected chi connectivity index (χ2v) is 5.78. The van der Waals surface area contributed by atoms with Gasteiger partial charge < -0.3 is 0 Å². The molecular formula is C23H25N. The van der Waals surface area contributed by atoms with E-state index in [1.807, 2.05) is 30.5 Å². The molecule has 0 aliphatic heterocycles. The zero-order valence-electron chi connectivity index (χ0n) is 14.8. The van der Waals surface area contributed by atoms with Crippen LogP contribution < -0.4 is 0 Å². The van der Waals surface area contributed by atoms with Crippen LogP contribution in [0.15, 0.2) is 79.6 Å². The molecule has 0 amide bonds. The largest absolute Gasteiger partial charge is 0.256 e. The summed E-state index contributed by atoms with van der Waals surface area (Å²) in [5, 5.41) is 0. The van der Waals surface area contributed by atoms with Gasteiger partial charge in [-0.15, -0.1) is 0 Å². The minimum atomic E-state index is 0.999. The average Bonchev–Trinajstić information content (AvgIpc) is 2.62. The molecule has 1 heterocycles. The molecule has 0 saturated carbocycles. The zero-order chi connectivity index (χ0) is 17.4. The highest BCUT2D eigenvalue weighted by Crippen LogP contribution is 2.28. The molecule has 0 fully saturated rings. The van der Waals surface area contributed by atoms with Crippen molar-refractivity contribution in [1.82, 2.24) is 4.98 Å². The Morgan fingerprint density at radius 1 is 1.04 bits per heavy atom. The number of rotatable bonds is 6. The van der Waals surface area contributed by atoms with Gasteiger partial charge in [0, 0.05) is 11.8 Å². The summed E-state index contributed by atoms with van der Waals surface area (Å²) in [6.07, 6.45) is 13.0. The molecule has 0 aliphatic rings. The van der Waals surface area contributed by atoms with Crippen LogP contribution in [0.5, 0.6) is 0 Å². The van der Waals surface area contributed by atoms with E-state index < -0.39 is 0 Å². The van der Waals surface area contributed by atoms with Crippen LogP contribution in [0.1, 0.15) is 38.3 Å². The summed E-state index contributed by atoms with van der Waals surface area (Å²) in [4.78, 5) is 4.51. The summed E-state index contributed by atoms with van der Waals surface area (Å²) < 4.78 is 0. The van der Waals surface area contributed by atoms with E-state index in [1.165, 1.54) is 22.3 Å². The molecule has 0 aliphatic carbocycles. The van der Waals surface area contributed by atoms with Gasteiger partial charge in [0.15, 0.2) is 0 Å². The molecule has 0 unspecified atom stereocenters. The Balaban J connectivity index is 2.56. The molecule has 0 saturated heterocycles. The van der Waals surface area contributed by atoms with Crippen molar-refractivity contribution in [2.45, 2.75) is 27.2 Å². The van der Waals surface area contributed by atoms with Gasteiger partial charge in [-0.05, 0) is 72.9 Å². The van der Waals surface area contributed by atoms with Gasteiger partial charge in [-0.1, -0.05) is 49.9 Å². The van der Waals surface area contributed by atoms with Gasteiger partial charge in [-0.25, -0.2) is 0 Å². The summed E-state index contributed by atoms with van der Waals surface area (Å²) in [6.45, 7) is 10.2. The highest BCUT2D eigenvalue weighted by atomic mass is 14.7. The van der Waals surface area contributed by atoms with Crippen LogP contribution in [-0.2, 0) is 0 Å². The van der Waals surface area contributed by atoms with Gasteiger partial charge in [0.1, 0.15) is 0 Å². The fraction of sp³-hybridized carbons (Fsp3) is 0.174. The van der Waals surface area contributed by atoms with E-state index in [9.17, 15) is 0 Å². The number of benzene rings is 1. The van der Waals surface area contributed by atoms with Crippen LogP contribution in [0.3, 0.4) is 0 Å². The quantitative estimate of drug-likeness (QED) is 0.540. The molecular weight excluding hydrogens is 290 g/mol. The fourth-order valence-corrected chi connectivity index (χ4v) is 2.56. The monoisotopic (exact) mass is 315 g/mol. The first-order valence-corrected chi connectivity index (χ1v) is 8.35. The molecule has 0 bridgehead atoms. The number of allylic oxidation sites excluding steroid dienone is 7. The predicted molar refractivity (Wildman–Crippen MR) is 107 cm³/mol. The molecule has 2 aromatic rings. The van der Waals surface area contributed by atoms with Gasteiger partial charge in [-0.3, -0.25) is 4.98 Å². The smallest absolute Gasteiger partial charge is 0.0702 e. The molecule has 122 valence electrons. The molecule has 1 aromatic carbocycles. The third kappa shape index (κ3) is 4.66. The van der Waals surface area contributed by atoms with Crippen LogP contribution in [0.25, 0.3) is 22.4 Å². The average molecular weight is 315 g/mol. The van der Waals surface area contributed by atoms with Crippen molar-refractivity contribution in [3.05, 3.63) is 90.7 Å². The first kappa shape index (κ1) is 17.7. The number of pyridine rings is 1. The predicted octanol–water partition coefficient (Wildman–Crippen LogP) is 6.71. The lowest BCUT2D eigenvalue weighted by molar-refractivity contribution is 1.22. The molecule has 0 spiro atoms. The van der Waals surface area contributed by atoms with Gasteiger partial charge in [0.05, 0.1) is 5.69 Å². The fourth-order valence-electron chi connectivity index (χ4n) is 2.56. The molecule has 1 nitrogen and oxygen atoms in total.